The summed E-state index contributed by atoms with van der Waals surface area (Å²) in [5.74, 6) is 0.125. The Bertz CT molecular complexity index is 614. The number of nitrogen functional groups attached to an aromatic ring is 1. The van der Waals surface area contributed by atoms with Gasteiger partial charge < -0.3 is 10.5 Å². The van der Waals surface area contributed by atoms with Crippen LogP contribution >= 0.6 is 11.8 Å². The van der Waals surface area contributed by atoms with Gasteiger partial charge in [0.05, 0.1) is 0 Å². The lowest BCUT2D eigenvalue weighted by atomic mass is 10.1. The maximum absolute atomic E-state index is 13.8. The molecule has 5 heteroatoms. The quantitative estimate of drug-likeness (QED) is 0.504. The fraction of sp³-hybridized carbons (Fsp3) is 0.133. The minimum atomic E-state index is -0.418. The van der Waals surface area contributed by atoms with Crippen LogP contribution in [0.25, 0.3) is 0 Å². The highest BCUT2D eigenvalue weighted by molar-refractivity contribution is 7.98. The molecule has 0 fully saturated rings. The van der Waals surface area contributed by atoms with Crippen molar-refractivity contribution in [2.24, 2.45) is 5.73 Å². The summed E-state index contributed by atoms with van der Waals surface area (Å²) in [6.07, 6.45) is 2.00. The van der Waals surface area contributed by atoms with Gasteiger partial charge in [0.15, 0.2) is 0 Å². The van der Waals surface area contributed by atoms with Crippen molar-refractivity contribution in [1.82, 2.24) is 0 Å². The summed E-state index contributed by atoms with van der Waals surface area (Å²) in [6, 6.07) is 12.1. The van der Waals surface area contributed by atoms with Crippen LogP contribution in [0.5, 0.6) is 5.75 Å². The van der Waals surface area contributed by atoms with Crippen molar-refractivity contribution in [2.45, 2.75) is 11.5 Å². The molecule has 20 heavy (non-hydrogen) atoms. The smallest absolute Gasteiger partial charge is 0.130 e. The largest absolute Gasteiger partial charge is 0.489 e. The molecule has 0 radical (unpaired) electrons. The Morgan fingerprint density at radius 3 is 2.50 bits per heavy atom. The van der Waals surface area contributed by atoms with Gasteiger partial charge in [-0.3, -0.25) is 5.41 Å². The summed E-state index contributed by atoms with van der Waals surface area (Å²) in [7, 11) is 0. The lowest BCUT2D eigenvalue weighted by molar-refractivity contribution is 0.299. The van der Waals surface area contributed by atoms with Crippen LogP contribution < -0.4 is 10.5 Å². The lowest BCUT2D eigenvalue weighted by Gasteiger charge is -2.08. The number of ether oxygens (including phenoxy) is 1. The van der Waals surface area contributed by atoms with Crippen molar-refractivity contribution < 1.29 is 9.13 Å². The standard InChI is InChI=1S/C15H15FN2OS/c1-20-13-6-4-12(5-7-13)19-9-11-3-2-10(15(17)18)8-14(11)16/h2-8H,9H2,1H3,(H3,17,18). The van der Waals surface area contributed by atoms with Crippen molar-refractivity contribution in [3.8, 4) is 5.75 Å². The number of thioether (sulfide) groups is 1. The van der Waals surface area contributed by atoms with Gasteiger partial charge in [0.25, 0.3) is 0 Å². The number of nitrogens with two attached hydrogens (primary N) is 1. The monoisotopic (exact) mass is 290 g/mol. The Balaban J connectivity index is 2.04. The van der Waals surface area contributed by atoms with Crippen LogP contribution in [0.1, 0.15) is 11.1 Å². The van der Waals surface area contributed by atoms with Crippen molar-refractivity contribution in [2.75, 3.05) is 6.26 Å². The van der Waals surface area contributed by atoms with Gasteiger partial charge in [-0.2, -0.15) is 0 Å². The summed E-state index contributed by atoms with van der Waals surface area (Å²) in [5.41, 5.74) is 6.11. The molecule has 0 heterocycles. The molecule has 0 aromatic heterocycles. The molecule has 2 aromatic rings. The first-order valence-corrected chi connectivity index (χ1v) is 7.22. The van der Waals surface area contributed by atoms with Gasteiger partial charge >= 0.3 is 0 Å². The molecular formula is C15H15FN2OS. The Morgan fingerprint density at radius 1 is 1.25 bits per heavy atom. The summed E-state index contributed by atoms with van der Waals surface area (Å²) in [5, 5.41) is 7.26. The molecule has 104 valence electrons. The first-order chi connectivity index (χ1) is 9.60. The van der Waals surface area contributed by atoms with Gasteiger partial charge in [0.1, 0.15) is 24.0 Å². The number of rotatable bonds is 5. The van der Waals surface area contributed by atoms with Crippen LogP contribution in [-0.2, 0) is 6.61 Å². The summed E-state index contributed by atoms with van der Waals surface area (Å²) in [6.45, 7) is 0.142. The molecule has 0 unspecified atom stereocenters. The lowest BCUT2D eigenvalue weighted by Crippen LogP contribution is -2.12. The number of nitrogens with one attached hydrogen (secondary N) is 1. The Morgan fingerprint density at radius 2 is 1.95 bits per heavy atom. The van der Waals surface area contributed by atoms with E-state index in [1.807, 2.05) is 30.5 Å². The summed E-state index contributed by atoms with van der Waals surface area (Å²) in [4.78, 5) is 1.15. The zero-order chi connectivity index (χ0) is 14.5. The van der Waals surface area contributed by atoms with E-state index >= 15 is 0 Å². The predicted molar refractivity (Wildman–Crippen MR) is 80.0 cm³/mol. The van der Waals surface area contributed by atoms with Crippen LogP contribution in [-0.4, -0.2) is 12.1 Å². The second-order valence-corrected chi connectivity index (χ2v) is 5.06. The third-order valence-electron chi connectivity index (χ3n) is 2.82. The van der Waals surface area contributed by atoms with E-state index in [0.717, 1.165) is 4.90 Å². The van der Waals surface area contributed by atoms with E-state index in [9.17, 15) is 4.39 Å². The van der Waals surface area contributed by atoms with Gasteiger partial charge in [-0.25, -0.2) is 4.39 Å². The molecular weight excluding hydrogens is 275 g/mol. The van der Waals surface area contributed by atoms with Crippen LogP contribution in [0.2, 0.25) is 0 Å². The molecule has 0 spiro atoms. The fourth-order valence-corrected chi connectivity index (χ4v) is 2.07. The normalized spacial score (nSPS) is 10.3. The van der Waals surface area contributed by atoms with E-state index in [-0.39, 0.29) is 12.4 Å². The second-order valence-electron chi connectivity index (χ2n) is 4.18. The topological polar surface area (TPSA) is 59.1 Å². The van der Waals surface area contributed by atoms with Crippen molar-refractivity contribution in [3.63, 3.8) is 0 Å². The maximum Gasteiger partial charge on any atom is 0.130 e. The number of hydrogen-bond donors (Lipinski definition) is 2. The van der Waals surface area contributed by atoms with Gasteiger partial charge in [-0.1, -0.05) is 12.1 Å². The van der Waals surface area contributed by atoms with Crippen molar-refractivity contribution in [1.29, 1.82) is 5.41 Å². The minimum absolute atomic E-state index is 0.142. The highest BCUT2D eigenvalue weighted by atomic mass is 32.2. The minimum Gasteiger partial charge on any atom is -0.489 e. The molecule has 0 aliphatic carbocycles. The van der Waals surface area contributed by atoms with Gasteiger partial charge in [0.2, 0.25) is 0 Å². The van der Waals surface area contributed by atoms with Gasteiger partial charge in [0, 0.05) is 16.0 Å². The zero-order valence-electron chi connectivity index (χ0n) is 11.0. The molecule has 2 rings (SSSR count). The SMILES string of the molecule is CSc1ccc(OCc2ccc(C(=N)N)cc2F)cc1. The molecule has 2 aromatic carbocycles. The van der Waals surface area contributed by atoms with E-state index in [4.69, 9.17) is 15.9 Å². The van der Waals surface area contributed by atoms with Crippen LogP contribution in [0, 0.1) is 11.2 Å². The molecule has 0 bridgehead atoms. The first kappa shape index (κ1) is 14.4. The maximum atomic E-state index is 13.8. The Labute approximate surface area is 121 Å². The average Bonchev–Trinajstić information content (AvgIpc) is 2.46. The van der Waals surface area contributed by atoms with E-state index in [2.05, 4.69) is 0 Å². The molecule has 3 N–H and O–H groups in total. The number of hydrogen-bond acceptors (Lipinski definition) is 3. The van der Waals surface area contributed by atoms with Crippen LogP contribution in [0.3, 0.4) is 0 Å². The highest BCUT2D eigenvalue weighted by Gasteiger charge is 2.06. The summed E-state index contributed by atoms with van der Waals surface area (Å²) < 4.78 is 19.3. The molecule has 0 saturated heterocycles. The summed E-state index contributed by atoms with van der Waals surface area (Å²) >= 11 is 1.65. The average molecular weight is 290 g/mol. The predicted octanol–water partition coefficient (Wildman–Crippen LogP) is 3.41. The molecule has 0 amide bonds. The number of halogens is 1. The third-order valence-corrected chi connectivity index (χ3v) is 3.56. The fourth-order valence-electron chi connectivity index (χ4n) is 1.66. The first-order valence-electron chi connectivity index (χ1n) is 6.00. The molecule has 3 nitrogen and oxygen atoms in total. The van der Waals surface area contributed by atoms with Crippen molar-refractivity contribution in [3.05, 3.63) is 59.4 Å². The highest BCUT2D eigenvalue weighted by Crippen LogP contribution is 2.20. The number of benzene rings is 2. The van der Waals surface area contributed by atoms with Crippen LogP contribution in [0.15, 0.2) is 47.4 Å². The molecule has 0 atom stereocenters. The van der Waals surface area contributed by atoms with E-state index in [1.54, 1.807) is 23.9 Å². The van der Waals surface area contributed by atoms with E-state index < -0.39 is 5.82 Å². The third kappa shape index (κ3) is 3.51. The number of amidine groups is 1. The molecule has 0 aliphatic heterocycles. The van der Waals surface area contributed by atoms with E-state index in [1.165, 1.54) is 6.07 Å². The zero-order valence-corrected chi connectivity index (χ0v) is 11.8. The van der Waals surface area contributed by atoms with E-state index in [0.29, 0.717) is 16.9 Å². The Kier molecular flexibility index (Phi) is 4.63. The molecule has 0 saturated carbocycles. The Hall–Kier alpha value is -2.01. The van der Waals surface area contributed by atoms with Gasteiger partial charge in [-0.15, -0.1) is 11.8 Å². The second kappa shape index (κ2) is 6.43. The molecule has 0 aliphatic rings. The van der Waals surface area contributed by atoms with Crippen molar-refractivity contribution >= 4 is 17.6 Å². The van der Waals surface area contributed by atoms with Gasteiger partial charge in [-0.05, 0) is 36.6 Å². The van der Waals surface area contributed by atoms with Crippen LogP contribution in [0.4, 0.5) is 4.39 Å².